The van der Waals surface area contributed by atoms with Crippen LogP contribution < -0.4 is 0 Å². The quantitative estimate of drug-likeness (QED) is 0.766. The summed E-state index contributed by atoms with van der Waals surface area (Å²) in [5, 5.41) is 18.4. The molecule has 4 heteroatoms. The third kappa shape index (κ3) is 1.91. The van der Waals surface area contributed by atoms with Gasteiger partial charge in [0.15, 0.2) is 11.6 Å². The molecule has 1 aromatic rings. The molecule has 0 aliphatic rings. The van der Waals surface area contributed by atoms with Gasteiger partial charge in [0.2, 0.25) is 0 Å². The molecule has 0 aliphatic carbocycles. The number of aryl methyl sites for hydroxylation is 1. The first-order valence-electron chi connectivity index (χ1n) is 4.25. The van der Waals surface area contributed by atoms with Crippen LogP contribution in [0.5, 0.6) is 0 Å². The third-order valence-electron chi connectivity index (χ3n) is 2.08. The second kappa shape index (κ2) is 4.02. The SMILES string of the molecule is Cc1ccc(C(O)C(C)O)c(F)c1F. The third-order valence-corrected chi connectivity index (χ3v) is 2.08. The van der Waals surface area contributed by atoms with Crippen LogP contribution in [0.25, 0.3) is 0 Å². The van der Waals surface area contributed by atoms with Crippen molar-refractivity contribution in [2.75, 3.05) is 0 Å². The predicted molar refractivity (Wildman–Crippen MR) is 47.7 cm³/mol. The minimum Gasteiger partial charge on any atom is -0.390 e. The van der Waals surface area contributed by atoms with Gasteiger partial charge in [0.1, 0.15) is 6.10 Å². The van der Waals surface area contributed by atoms with Crippen LogP contribution >= 0.6 is 0 Å². The number of aliphatic hydroxyl groups excluding tert-OH is 2. The van der Waals surface area contributed by atoms with Crippen molar-refractivity contribution in [2.45, 2.75) is 26.1 Å². The second-order valence-corrected chi connectivity index (χ2v) is 3.29. The van der Waals surface area contributed by atoms with E-state index in [1.165, 1.54) is 26.0 Å². The lowest BCUT2D eigenvalue weighted by molar-refractivity contribution is 0.0279. The van der Waals surface area contributed by atoms with Crippen LogP contribution in [-0.4, -0.2) is 16.3 Å². The Bertz CT molecular complexity index is 337. The van der Waals surface area contributed by atoms with Crippen LogP contribution in [0.15, 0.2) is 12.1 Å². The molecule has 0 saturated carbocycles. The summed E-state index contributed by atoms with van der Waals surface area (Å²) in [4.78, 5) is 0. The number of benzene rings is 1. The predicted octanol–water partition coefficient (Wildman–Crippen LogP) is 1.69. The van der Waals surface area contributed by atoms with Gasteiger partial charge >= 0.3 is 0 Å². The molecule has 0 bridgehead atoms. The topological polar surface area (TPSA) is 40.5 Å². The molecule has 0 spiro atoms. The Balaban J connectivity index is 3.17. The highest BCUT2D eigenvalue weighted by molar-refractivity contribution is 5.27. The molecule has 0 fully saturated rings. The molecule has 0 heterocycles. The van der Waals surface area contributed by atoms with E-state index in [1.54, 1.807) is 0 Å². The molecule has 1 aromatic carbocycles. The molecular formula is C10H12F2O2. The van der Waals surface area contributed by atoms with Gasteiger partial charge in [0, 0.05) is 5.56 Å². The first-order valence-corrected chi connectivity index (χ1v) is 4.25. The lowest BCUT2D eigenvalue weighted by Crippen LogP contribution is -2.16. The Kier molecular flexibility index (Phi) is 3.18. The number of hydrogen-bond acceptors (Lipinski definition) is 2. The van der Waals surface area contributed by atoms with E-state index in [1.807, 2.05) is 0 Å². The van der Waals surface area contributed by atoms with E-state index in [0.717, 1.165) is 0 Å². The van der Waals surface area contributed by atoms with Gasteiger partial charge in [0.05, 0.1) is 6.10 Å². The van der Waals surface area contributed by atoms with Crippen LogP contribution in [0.3, 0.4) is 0 Å². The molecule has 2 nitrogen and oxygen atoms in total. The van der Waals surface area contributed by atoms with Crippen molar-refractivity contribution in [2.24, 2.45) is 0 Å². The fourth-order valence-electron chi connectivity index (χ4n) is 1.15. The highest BCUT2D eigenvalue weighted by Crippen LogP contribution is 2.23. The average Bonchev–Trinajstić information content (AvgIpc) is 2.13. The Morgan fingerprint density at radius 2 is 1.71 bits per heavy atom. The van der Waals surface area contributed by atoms with Crippen molar-refractivity contribution in [3.63, 3.8) is 0 Å². The maximum atomic E-state index is 13.2. The summed E-state index contributed by atoms with van der Waals surface area (Å²) in [5.74, 6) is -2.08. The van der Waals surface area contributed by atoms with E-state index in [4.69, 9.17) is 5.11 Å². The van der Waals surface area contributed by atoms with Gasteiger partial charge in [0.25, 0.3) is 0 Å². The normalized spacial score (nSPS) is 15.3. The minimum atomic E-state index is -1.40. The van der Waals surface area contributed by atoms with Crippen molar-refractivity contribution in [3.05, 3.63) is 34.9 Å². The first-order chi connectivity index (χ1) is 6.45. The van der Waals surface area contributed by atoms with E-state index < -0.39 is 23.8 Å². The number of aliphatic hydroxyl groups is 2. The number of rotatable bonds is 2. The van der Waals surface area contributed by atoms with E-state index >= 15 is 0 Å². The van der Waals surface area contributed by atoms with E-state index in [9.17, 15) is 13.9 Å². The molecule has 2 unspecified atom stereocenters. The maximum absolute atomic E-state index is 13.2. The van der Waals surface area contributed by atoms with Gasteiger partial charge in [-0.1, -0.05) is 12.1 Å². The fraction of sp³-hybridized carbons (Fsp3) is 0.400. The number of hydrogen-bond donors (Lipinski definition) is 2. The van der Waals surface area contributed by atoms with Crippen LogP contribution in [0.1, 0.15) is 24.2 Å². The lowest BCUT2D eigenvalue weighted by Gasteiger charge is -2.15. The highest BCUT2D eigenvalue weighted by Gasteiger charge is 2.20. The molecule has 78 valence electrons. The number of halogens is 2. The first kappa shape index (κ1) is 11.1. The van der Waals surface area contributed by atoms with Gasteiger partial charge in [-0.3, -0.25) is 0 Å². The monoisotopic (exact) mass is 202 g/mol. The summed E-state index contributed by atoms with van der Waals surface area (Å²) in [7, 11) is 0. The Morgan fingerprint density at radius 3 is 2.21 bits per heavy atom. The van der Waals surface area contributed by atoms with Gasteiger partial charge in [-0.25, -0.2) is 8.78 Å². The summed E-state index contributed by atoms with van der Waals surface area (Å²) < 4.78 is 26.3. The van der Waals surface area contributed by atoms with Crippen LogP contribution in [0, 0.1) is 18.6 Å². The van der Waals surface area contributed by atoms with Crippen molar-refractivity contribution < 1.29 is 19.0 Å². The zero-order valence-electron chi connectivity index (χ0n) is 7.96. The van der Waals surface area contributed by atoms with Crippen LogP contribution in [-0.2, 0) is 0 Å². The zero-order chi connectivity index (χ0) is 10.9. The fourth-order valence-corrected chi connectivity index (χ4v) is 1.15. The van der Waals surface area contributed by atoms with Crippen LogP contribution in [0.2, 0.25) is 0 Å². The van der Waals surface area contributed by atoms with Gasteiger partial charge in [-0.2, -0.15) is 0 Å². The highest BCUT2D eigenvalue weighted by atomic mass is 19.2. The summed E-state index contributed by atoms with van der Waals surface area (Å²) in [5.41, 5.74) is -0.0489. The summed E-state index contributed by atoms with van der Waals surface area (Å²) in [6.07, 6.45) is -2.53. The lowest BCUT2D eigenvalue weighted by atomic mass is 10.0. The Hall–Kier alpha value is -1.00. The van der Waals surface area contributed by atoms with Gasteiger partial charge in [-0.05, 0) is 19.4 Å². The van der Waals surface area contributed by atoms with Gasteiger partial charge in [-0.15, -0.1) is 0 Å². The van der Waals surface area contributed by atoms with E-state index in [0.29, 0.717) is 0 Å². The summed E-state index contributed by atoms with van der Waals surface area (Å²) >= 11 is 0. The van der Waals surface area contributed by atoms with E-state index in [2.05, 4.69) is 0 Å². The maximum Gasteiger partial charge on any atom is 0.164 e. The van der Waals surface area contributed by atoms with Crippen molar-refractivity contribution in [3.8, 4) is 0 Å². The molecule has 1 rings (SSSR count). The molecule has 0 aromatic heterocycles. The smallest absolute Gasteiger partial charge is 0.164 e. The van der Waals surface area contributed by atoms with Crippen molar-refractivity contribution in [1.82, 2.24) is 0 Å². The van der Waals surface area contributed by atoms with E-state index in [-0.39, 0.29) is 11.1 Å². The second-order valence-electron chi connectivity index (χ2n) is 3.29. The molecule has 14 heavy (non-hydrogen) atoms. The minimum absolute atomic E-state index is 0.170. The molecule has 2 N–H and O–H groups in total. The van der Waals surface area contributed by atoms with Crippen molar-refractivity contribution >= 4 is 0 Å². The molecular weight excluding hydrogens is 190 g/mol. The zero-order valence-corrected chi connectivity index (χ0v) is 7.96. The largest absolute Gasteiger partial charge is 0.390 e. The van der Waals surface area contributed by atoms with Crippen LogP contribution in [0.4, 0.5) is 8.78 Å². The summed E-state index contributed by atoms with van der Waals surface area (Å²) in [6, 6.07) is 2.63. The molecule has 0 radical (unpaired) electrons. The molecule has 2 atom stereocenters. The van der Waals surface area contributed by atoms with Crippen molar-refractivity contribution in [1.29, 1.82) is 0 Å². The van der Waals surface area contributed by atoms with Gasteiger partial charge < -0.3 is 10.2 Å². The Labute approximate surface area is 80.8 Å². The molecule has 0 amide bonds. The standard InChI is InChI=1S/C10H12F2O2/c1-5-3-4-7(9(12)8(5)11)10(14)6(2)13/h3-4,6,10,13-14H,1-2H3. The Morgan fingerprint density at radius 1 is 1.14 bits per heavy atom. The average molecular weight is 202 g/mol. The molecule has 0 saturated heterocycles. The summed E-state index contributed by atoms with van der Waals surface area (Å²) in [6.45, 7) is 2.73. The molecule has 0 aliphatic heterocycles.